The van der Waals surface area contributed by atoms with Crippen LogP contribution in [-0.4, -0.2) is 34.7 Å². The standard InChI is InChI=1S/C15H11Cl2N5.C15H10Cl2N2.C12H7Cl2N/c16-9-1-3-13-11(7-9)12-8-10(17)2-4-14(12)22(13)6-5-15-18-20-21-19-15;16-10-2-4-14-12(8-10)13-9-11(17)3-5-15(13)19(14)7-1-6-18;13-7-1-3-11-9(5-7)10-6-8(14)2-4-12(10)15-11/h1-4,7-8H,5-6H2,(H,18,19,20,21);2-5,8-9H,1,7H2;1-6,15H. The maximum atomic E-state index is 8.79. The quantitative estimate of drug-likeness (QED) is 0.180. The summed E-state index contributed by atoms with van der Waals surface area (Å²) in [5.74, 6) is 0.693. The summed E-state index contributed by atoms with van der Waals surface area (Å²) in [5.41, 5.74) is 6.55. The number of nitrogens with one attached hydrogen (secondary N) is 2. The van der Waals surface area contributed by atoms with Gasteiger partial charge in [0.1, 0.15) is 0 Å². The number of tetrazole rings is 1. The smallest absolute Gasteiger partial charge is 0.176 e. The summed E-state index contributed by atoms with van der Waals surface area (Å²) in [6.45, 7) is 1.42. The molecule has 0 saturated carbocycles. The SMILES string of the molecule is Clc1ccc2[nH]c3ccc(Cl)cc3c2c1.Clc1ccc2c(c1)c1cc(Cl)ccc1n2CCc1nn[nH]n1.N#CCCn1c2ccc(Cl)cc2c2cc(Cl)ccc21. The summed E-state index contributed by atoms with van der Waals surface area (Å²) < 4.78 is 4.37. The van der Waals surface area contributed by atoms with Gasteiger partial charge in [-0.1, -0.05) is 74.8 Å². The Morgan fingerprint density at radius 2 is 0.875 bits per heavy atom. The third kappa shape index (κ3) is 7.72. The average Bonchev–Trinajstić information content (AvgIpc) is 3.97. The number of fused-ring (bicyclic) bond motifs is 9. The van der Waals surface area contributed by atoms with Crippen LogP contribution in [0.15, 0.2) is 109 Å². The van der Waals surface area contributed by atoms with Crippen molar-refractivity contribution in [2.24, 2.45) is 0 Å². The molecule has 56 heavy (non-hydrogen) atoms. The Labute approximate surface area is 350 Å². The van der Waals surface area contributed by atoms with E-state index in [1.54, 1.807) is 0 Å². The van der Waals surface area contributed by atoms with Crippen LogP contribution in [0.3, 0.4) is 0 Å². The molecule has 0 aliphatic carbocycles. The van der Waals surface area contributed by atoms with Gasteiger partial charge in [-0.15, -0.1) is 10.2 Å². The molecule has 10 aromatic rings. The number of aromatic nitrogens is 7. The molecular weight excluding hydrogens is 829 g/mol. The van der Waals surface area contributed by atoms with E-state index in [1.165, 1.54) is 0 Å². The Morgan fingerprint density at radius 3 is 1.25 bits per heavy atom. The number of halogens is 6. The normalized spacial score (nSPS) is 11.3. The molecule has 4 aromatic heterocycles. The lowest BCUT2D eigenvalue weighted by Crippen LogP contribution is -2.02. The first kappa shape index (κ1) is 37.9. The van der Waals surface area contributed by atoms with Crippen molar-refractivity contribution >= 4 is 135 Å². The van der Waals surface area contributed by atoms with E-state index in [1.807, 2.05) is 109 Å². The van der Waals surface area contributed by atoms with Gasteiger partial charge >= 0.3 is 0 Å². The molecule has 0 spiro atoms. The lowest BCUT2D eigenvalue weighted by Gasteiger charge is -2.05. The minimum Gasteiger partial charge on any atom is -0.355 e. The molecule has 0 amide bonds. The zero-order valence-corrected chi connectivity index (χ0v) is 33.7. The number of H-pyrrole nitrogens is 2. The van der Waals surface area contributed by atoms with Crippen molar-refractivity contribution in [1.82, 2.24) is 34.7 Å². The maximum absolute atomic E-state index is 8.79. The van der Waals surface area contributed by atoms with Crippen LogP contribution < -0.4 is 0 Å². The van der Waals surface area contributed by atoms with Crippen LogP contribution in [0.2, 0.25) is 30.1 Å². The van der Waals surface area contributed by atoms with Crippen LogP contribution in [0.5, 0.6) is 0 Å². The Morgan fingerprint density at radius 1 is 0.500 bits per heavy atom. The minimum absolute atomic E-state index is 0.476. The molecule has 10 rings (SSSR count). The third-order valence-corrected chi connectivity index (χ3v) is 10.9. The minimum atomic E-state index is 0.476. The van der Waals surface area contributed by atoms with E-state index in [4.69, 9.17) is 74.9 Å². The molecule has 4 heterocycles. The molecule has 0 saturated heterocycles. The number of aromatic amines is 2. The lowest BCUT2D eigenvalue weighted by atomic mass is 10.1. The van der Waals surface area contributed by atoms with Gasteiger partial charge in [0.25, 0.3) is 0 Å². The zero-order chi connectivity index (χ0) is 38.9. The van der Waals surface area contributed by atoms with E-state index >= 15 is 0 Å². The third-order valence-electron chi connectivity index (χ3n) is 9.50. The highest BCUT2D eigenvalue weighted by Crippen LogP contribution is 2.35. The van der Waals surface area contributed by atoms with Crippen LogP contribution in [0.25, 0.3) is 65.4 Å². The second-order valence-corrected chi connectivity index (χ2v) is 15.6. The van der Waals surface area contributed by atoms with Gasteiger partial charge in [0.15, 0.2) is 5.82 Å². The number of aryl methyl sites for hydroxylation is 3. The molecule has 2 N–H and O–H groups in total. The molecule has 6 aromatic carbocycles. The van der Waals surface area contributed by atoms with Crippen molar-refractivity contribution in [2.75, 3.05) is 0 Å². The number of hydrogen-bond donors (Lipinski definition) is 2. The molecule has 0 aliphatic heterocycles. The van der Waals surface area contributed by atoms with Gasteiger partial charge in [0.05, 0.1) is 12.5 Å². The summed E-state index contributed by atoms with van der Waals surface area (Å²) in [6.07, 6.45) is 1.17. The zero-order valence-electron chi connectivity index (χ0n) is 29.2. The molecule has 0 fully saturated rings. The van der Waals surface area contributed by atoms with Crippen molar-refractivity contribution in [3.05, 3.63) is 145 Å². The van der Waals surface area contributed by atoms with Gasteiger partial charge in [-0.2, -0.15) is 10.5 Å². The number of hydrogen-bond acceptors (Lipinski definition) is 4. The van der Waals surface area contributed by atoms with E-state index in [9.17, 15) is 0 Å². The molecule has 0 unspecified atom stereocenters. The molecule has 0 aliphatic rings. The first-order chi connectivity index (χ1) is 27.2. The summed E-state index contributed by atoms with van der Waals surface area (Å²) in [5, 5.41) is 33.7. The Hall–Kier alpha value is -4.98. The number of rotatable bonds is 5. The van der Waals surface area contributed by atoms with Gasteiger partial charge < -0.3 is 14.1 Å². The molecule has 0 bridgehead atoms. The second-order valence-electron chi connectivity index (χ2n) is 12.9. The molecular formula is C42H28Cl6N8. The van der Waals surface area contributed by atoms with E-state index in [0.29, 0.717) is 45.3 Å². The van der Waals surface area contributed by atoms with E-state index in [0.717, 1.165) is 82.0 Å². The van der Waals surface area contributed by atoms with Crippen molar-refractivity contribution in [2.45, 2.75) is 25.9 Å². The predicted octanol–water partition coefficient (Wildman–Crippen LogP) is 13.5. The van der Waals surface area contributed by atoms with Gasteiger partial charge in [-0.05, 0) is 109 Å². The molecule has 0 radical (unpaired) electrons. The number of nitriles is 1. The van der Waals surface area contributed by atoms with Crippen LogP contribution in [-0.2, 0) is 19.5 Å². The van der Waals surface area contributed by atoms with Gasteiger partial charge in [-0.3, -0.25) is 0 Å². The van der Waals surface area contributed by atoms with Crippen LogP contribution in [0.1, 0.15) is 12.2 Å². The van der Waals surface area contributed by atoms with Gasteiger partial charge in [0.2, 0.25) is 0 Å². The fourth-order valence-corrected chi connectivity index (χ4v) is 8.12. The van der Waals surface area contributed by atoms with Crippen molar-refractivity contribution in [3.8, 4) is 6.07 Å². The number of nitrogens with zero attached hydrogens (tertiary/aromatic N) is 6. The highest BCUT2D eigenvalue weighted by molar-refractivity contribution is 6.35. The monoisotopic (exact) mass is 854 g/mol. The molecule has 0 atom stereocenters. The second kappa shape index (κ2) is 16.2. The van der Waals surface area contributed by atoms with E-state index < -0.39 is 0 Å². The lowest BCUT2D eigenvalue weighted by molar-refractivity contribution is 0.712. The van der Waals surface area contributed by atoms with Crippen molar-refractivity contribution in [3.63, 3.8) is 0 Å². The summed E-state index contributed by atoms with van der Waals surface area (Å²) in [6, 6.07) is 37.2. The highest BCUT2D eigenvalue weighted by Gasteiger charge is 2.13. The fourth-order valence-electron chi connectivity index (χ4n) is 7.08. The van der Waals surface area contributed by atoms with Gasteiger partial charge in [0, 0.05) is 115 Å². The van der Waals surface area contributed by atoms with Crippen LogP contribution in [0, 0.1) is 11.3 Å². The Kier molecular flexibility index (Phi) is 11.0. The summed E-state index contributed by atoms with van der Waals surface area (Å²) >= 11 is 36.4. The van der Waals surface area contributed by atoms with Crippen molar-refractivity contribution < 1.29 is 0 Å². The summed E-state index contributed by atoms with van der Waals surface area (Å²) in [4.78, 5) is 3.32. The van der Waals surface area contributed by atoms with Crippen LogP contribution in [0.4, 0.5) is 0 Å². The predicted molar refractivity (Wildman–Crippen MR) is 233 cm³/mol. The topological polar surface area (TPSA) is 104 Å². The Bertz CT molecular complexity index is 2910. The molecule has 8 nitrogen and oxygen atoms in total. The largest absolute Gasteiger partial charge is 0.355 e. The molecule has 278 valence electrons. The van der Waals surface area contributed by atoms with Crippen molar-refractivity contribution in [1.29, 1.82) is 5.26 Å². The first-order valence-electron chi connectivity index (χ1n) is 17.4. The van der Waals surface area contributed by atoms with Crippen LogP contribution >= 0.6 is 69.6 Å². The molecule has 14 heteroatoms. The summed E-state index contributed by atoms with van der Waals surface area (Å²) in [7, 11) is 0. The average molecular weight is 857 g/mol. The highest BCUT2D eigenvalue weighted by atomic mass is 35.5. The van der Waals surface area contributed by atoms with E-state index in [2.05, 4.69) is 40.8 Å². The Balaban J connectivity index is 0.000000120. The first-order valence-corrected chi connectivity index (χ1v) is 19.6. The van der Waals surface area contributed by atoms with Gasteiger partial charge in [-0.25, -0.2) is 0 Å². The maximum Gasteiger partial charge on any atom is 0.176 e. The fraction of sp³-hybridized carbons (Fsp3) is 0.0952. The number of benzene rings is 6. The van der Waals surface area contributed by atoms with E-state index in [-0.39, 0.29) is 0 Å².